The number of carbonyl (C=O) groups is 1. The first-order valence-electron chi connectivity index (χ1n) is 5.80. The van der Waals surface area contributed by atoms with Gasteiger partial charge in [0, 0.05) is 24.2 Å². The molecule has 0 heterocycles. The van der Waals surface area contributed by atoms with E-state index in [0.29, 0.717) is 22.9 Å². The van der Waals surface area contributed by atoms with Crippen molar-refractivity contribution in [2.45, 2.75) is 20.0 Å². The maximum Gasteiger partial charge on any atom is 0.260 e. The molecule has 5 heteroatoms. The number of aliphatic hydroxyl groups excluding tert-OH is 1. The van der Waals surface area contributed by atoms with Gasteiger partial charge in [0.05, 0.1) is 6.10 Å². The molecule has 0 spiro atoms. The number of aliphatic hydroxyl groups is 1. The molecule has 0 aliphatic heterocycles. The monoisotopic (exact) mass is 271 g/mol. The number of benzene rings is 1. The molecule has 1 aromatic rings. The molecular weight excluding hydrogens is 254 g/mol. The summed E-state index contributed by atoms with van der Waals surface area (Å²) in [7, 11) is 1.71. The number of ether oxygens (including phenoxy) is 1. The van der Waals surface area contributed by atoms with Gasteiger partial charge in [0.25, 0.3) is 5.91 Å². The number of nitrogens with zero attached hydrogens (tertiary/aromatic N) is 1. The van der Waals surface area contributed by atoms with Crippen molar-refractivity contribution in [2.24, 2.45) is 0 Å². The topological polar surface area (TPSA) is 49.8 Å². The lowest BCUT2D eigenvalue weighted by atomic mass is 10.1. The summed E-state index contributed by atoms with van der Waals surface area (Å²) < 4.78 is 5.43. The first-order valence-corrected chi connectivity index (χ1v) is 6.17. The standard InChI is InChI=1S/C13H18ClNO3/c1-4-15(3)13(17)8-18-12-6-5-10(14)7-11(12)9(2)16/h5-7,9,16H,4,8H2,1-3H3/t9-/m1/s1. The molecule has 4 nitrogen and oxygen atoms in total. The predicted molar refractivity (Wildman–Crippen MR) is 70.9 cm³/mol. The van der Waals surface area contributed by atoms with Crippen LogP contribution in [-0.4, -0.2) is 36.1 Å². The van der Waals surface area contributed by atoms with Crippen molar-refractivity contribution in [2.75, 3.05) is 20.2 Å². The van der Waals surface area contributed by atoms with Crippen molar-refractivity contribution < 1.29 is 14.6 Å². The summed E-state index contributed by atoms with van der Waals surface area (Å²) in [6.45, 7) is 4.09. The number of halogens is 1. The van der Waals surface area contributed by atoms with Crippen LogP contribution >= 0.6 is 11.6 Å². The highest BCUT2D eigenvalue weighted by Crippen LogP contribution is 2.28. The fourth-order valence-corrected chi connectivity index (χ4v) is 1.58. The van der Waals surface area contributed by atoms with Gasteiger partial charge in [-0.25, -0.2) is 0 Å². The van der Waals surface area contributed by atoms with E-state index in [4.69, 9.17) is 16.3 Å². The highest BCUT2D eigenvalue weighted by molar-refractivity contribution is 6.30. The molecular formula is C13H18ClNO3. The minimum Gasteiger partial charge on any atom is -0.483 e. The quantitative estimate of drug-likeness (QED) is 0.894. The maximum absolute atomic E-state index is 11.6. The molecule has 18 heavy (non-hydrogen) atoms. The van der Waals surface area contributed by atoms with Crippen molar-refractivity contribution in [3.8, 4) is 5.75 Å². The van der Waals surface area contributed by atoms with Crippen LogP contribution < -0.4 is 4.74 Å². The average Bonchev–Trinajstić information content (AvgIpc) is 2.35. The number of carbonyl (C=O) groups excluding carboxylic acids is 1. The summed E-state index contributed by atoms with van der Waals surface area (Å²) in [5.74, 6) is 0.372. The summed E-state index contributed by atoms with van der Waals surface area (Å²) in [6, 6.07) is 4.95. The van der Waals surface area contributed by atoms with Gasteiger partial charge in [-0.1, -0.05) is 11.6 Å². The molecule has 1 amide bonds. The zero-order valence-electron chi connectivity index (χ0n) is 10.8. The van der Waals surface area contributed by atoms with Gasteiger partial charge >= 0.3 is 0 Å². The number of hydrogen-bond donors (Lipinski definition) is 1. The molecule has 0 aromatic heterocycles. The zero-order valence-corrected chi connectivity index (χ0v) is 11.6. The largest absolute Gasteiger partial charge is 0.483 e. The van der Waals surface area contributed by atoms with E-state index in [1.165, 1.54) is 0 Å². The van der Waals surface area contributed by atoms with Gasteiger partial charge in [-0.15, -0.1) is 0 Å². The molecule has 0 unspecified atom stereocenters. The van der Waals surface area contributed by atoms with Crippen LogP contribution in [0.2, 0.25) is 5.02 Å². The molecule has 0 aliphatic carbocycles. The summed E-state index contributed by atoms with van der Waals surface area (Å²) in [6.07, 6.45) is -0.697. The second kappa shape index (κ2) is 6.61. The molecule has 0 aliphatic rings. The van der Waals surface area contributed by atoms with E-state index in [1.54, 1.807) is 37.1 Å². The minimum atomic E-state index is -0.697. The molecule has 100 valence electrons. The Kier molecular flexibility index (Phi) is 5.44. The van der Waals surface area contributed by atoms with Crippen molar-refractivity contribution in [3.05, 3.63) is 28.8 Å². The molecule has 0 radical (unpaired) electrons. The Labute approximate surface area is 112 Å². The van der Waals surface area contributed by atoms with Crippen molar-refractivity contribution >= 4 is 17.5 Å². The van der Waals surface area contributed by atoms with Gasteiger partial charge in [-0.2, -0.15) is 0 Å². The van der Waals surface area contributed by atoms with Crippen LogP contribution in [0.1, 0.15) is 25.5 Å². The number of rotatable bonds is 5. The average molecular weight is 272 g/mol. The Morgan fingerprint density at radius 2 is 2.22 bits per heavy atom. The van der Waals surface area contributed by atoms with Crippen molar-refractivity contribution in [1.82, 2.24) is 4.90 Å². The van der Waals surface area contributed by atoms with Crippen LogP contribution in [0.3, 0.4) is 0 Å². The molecule has 1 aromatic carbocycles. The lowest BCUT2D eigenvalue weighted by Gasteiger charge is -2.17. The fraction of sp³-hybridized carbons (Fsp3) is 0.462. The smallest absolute Gasteiger partial charge is 0.260 e. The Morgan fingerprint density at radius 3 is 2.78 bits per heavy atom. The zero-order chi connectivity index (χ0) is 13.7. The second-order valence-corrected chi connectivity index (χ2v) is 4.49. The molecule has 0 bridgehead atoms. The van der Waals surface area contributed by atoms with Gasteiger partial charge in [-0.3, -0.25) is 4.79 Å². The SMILES string of the molecule is CCN(C)C(=O)COc1ccc(Cl)cc1[C@@H](C)O. The van der Waals surface area contributed by atoms with E-state index in [1.807, 2.05) is 6.92 Å². The third-order valence-corrected chi connectivity index (χ3v) is 2.91. The van der Waals surface area contributed by atoms with Gasteiger partial charge in [0.15, 0.2) is 6.61 Å². The molecule has 0 fully saturated rings. The van der Waals surface area contributed by atoms with Crippen LogP contribution in [0.5, 0.6) is 5.75 Å². The number of hydrogen-bond acceptors (Lipinski definition) is 3. The normalized spacial score (nSPS) is 12.1. The fourth-order valence-electron chi connectivity index (χ4n) is 1.40. The van der Waals surface area contributed by atoms with Crippen molar-refractivity contribution in [3.63, 3.8) is 0 Å². The Hall–Kier alpha value is -1.26. The van der Waals surface area contributed by atoms with Crippen LogP contribution in [-0.2, 0) is 4.79 Å². The molecule has 0 saturated carbocycles. The first kappa shape index (κ1) is 14.8. The van der Waals surface area contributed by atoms with Crippen LogP contribution in [0, 0.1) is 0 Å². The van der Waals surface area contributed by atoms with Crippen LogP contribution in [0.25, 0.3) is 0 Å². The van der Waals surface area contributed by atoms with Crippen LogP contribution in [0.4, 0.5) is 0 Å². The lowest BCUT2D eigenvalue weighted by molar-refractivity contribution is -0.131. The van der Waals surface area contributed by atoms with E-state index < -0.39 is 6.10 Å². The summed E-state index contributed by atoms with van der Waals surface area (Å²) in [5, 5.41) is 10.1. The minimum absolute atomic E-state index is 0.0499. The number of likely N-dealkylation sites (N-methyl/N-ethyl adjacent to an activating group) is 1. The van der Waals surface area contributed by atoms with Gasteiger partial charge < -0.3 is 14.7 Å². The van der Waals surface area contributed by atoms with Crippen LogP contribution in [0.15, 0.2) is 18.2 Å². The van der Waals surface area contributed by atoms with Gasteiger partial charge in [0.2, 0.25) is 0 Å². The summed E-state index contributed by atoms with van der Waals surface area (Å²) >= 11 is 5.85. The third-order valence-electron chi connectivity index (χ3n) is 2.67. The van der Waals surface area contributed by atoms with Gasteiger partial charge in [0.1, 0.15) is 5.75 Å². The van der Waals surface area contributed by atoms with E-state index >= 15 is 0 Å². The van der Waals surface area contributed by atoms with Crippen molar-refractivity contribution in [1.29, 1.82) is 0 Å². The molecule has 1 atom stereocenters. The predicted octanol–water partition coefficient (Wildman–Crippen LogP) is 2.25. The molecule has 1 N–H and O–H groups in total. The molecule has 1 rings (SSSR count). The first-order chi connectivity index (χ1) is 8.45. The van der Waals surface area contributed by atoms with E-state index in [-0.39, 0.29) is 12.5 Å². The Morgan fingerprint density at radius 1 is 1.56 bits per heavy atom. The van der Waals surface area contributed by atoms with Gasteiger partial charge in [-0.05, 0) is 32.0 Å². The highest BCUT2D eigenvalue weighted by Gasteiger charge is 2.13. The summed E-state index contributed by atoms with van der Waals surface area (Å²) in [4.78, 5) is 13.2. The highest BCUT2D eigenvalue weighted by atomic mass is 35.5. The molecule has 0 saturated heterocycles. The second-order valence-electron chi connectivity index (χ2n) is 4.05. The Balaban J connectivity index is 2.76. The Bertz CT molecular complexity index is 421. The maximum atomic E-state index is 11.6. The summed E-state index contributed by atoms with van der Waals surface area (Å²) in [5.41, 5.74) is 0.578. The number of amides is 1. The van der Waals surface area contributed by atoms with E-state index in [2.05, 4.69) is 0 Å². The lowest BCUT2D eigenvalue weighted by Crippen LogP contribution is -2.31. The van der Waals surface area contributed by atoms with E-state index in [0.717, 1.165) is 0 Å². The third kappa shape index (κ3) is 3.89. The van der Waals surface area contributed by atoms with E-state index in [9.17, 15) is 9.90 Å².